The lowest BCUT2D eigenvalue weighted by atomic mass is 9.96. The SMILES string of the molecule is CC(=O)C(Cc1cccc(CC(C(C)=O)=C(C)O)c1)=C(C)O. The average Bonchev–Trinajstić information content (AvgIpc) is 2.41. The maximum Gasteiger partial charge on any atom is 0.159 e. The molecule has 0 spiro atoms. The van der Waals surface area contributed by atoms with Gasteiger partial charge >= 0.3 is 0 Å². The van der Waals surface area contributed by atoms with Crippen LogP contribution in [-0.2, 0) is 22.4 Å². The van der Waals surface area contributed by atoms with Crippen molar-refractivity contribution in [2.45, 2.75) is 40.5 Å². The number of ketones is 2. The van der Waals surface area contributed by atoms with Gasteiger partial charge in [0.15, 0.2) is 11.6 Å². The van der Waals surface area contributed by atoms with Crippen LogP contribution in [0.15, 0.2) is 46.9 Å². The first-order chi connectivity index (χ1) is 10.2. The first-order valence-electron chi connectivity index (χ1n) is 7.09. The molecule has 0 amide bonds. The van der Waals surface area contributed by atoms with E-state index in [0.717, 1.165) is 11.1 Å². The van der Waals surface area contributed by atoms with Gasteiger partial charge in [0.25, 0.3) is 0 Å². The van der Waals surface area contributed by atoms with E-state index in [0.29, 0.717) is 24.0 Å². The number of carbonyl (C=O) groups excluding carboxylic acids is 2. The minimum Gasteiger partial charge on any atom is -0.512 e. The Balaban J connectivity index is 3.06. The van der Waals surface area contributed by atoms with Crippen LogP contribution < -0.4 is 0 Å². The summed E-state index contributed by atoms with van der Waals surface area (Å²) >= 11 is 0. The summed E-state index contributed by atoms with van der Waals surface area (Å²) in [6, 6.07) is 7.42. The van der Waals surface area contributed by atoms with E-state index in [2.05, 4.69) is 0 Å². The number of Topliss-reactive ketones (excluding diaryl/α,β-unsaturated/α-hetero) is 2. The second-order valence-electron chi connectivity index (χ2n) is 5.41. The van der Waals surface area contributed by atoms with Crippen LogP contribution in [0.3, 0.4) is 0 Å². The topological polar surface area (TPSA) is 74.6 Å². The molecule has 0 saturated heterocycles. The van der Waals surface area contributed by atoms with Gasteiger partial charge in [-0.25, -0.2) is 0 Å². The van der Waals surface area contributed by atoms with Gasteiger partial charge in [-0.15, -0.1) is 0 Å². The molecular weight excluding hydrogens is 280 g/mol. The monoisotopic (exact) mass is 302 g/mol. The van der Waals surface area contributed by atoms with Gasteiger partial charge in [0.1, 0.15) is 0 Å². The summed E-state index contributed by atoms with van der Waals surface area (Å²) in [5.74, 6) is -0.288. The van der Waals surface area contributed by atoms with E-state index >= 15 is 0 Å². The molecule has 22 heavy (non-hydrogen) atoms. The zero-order chi connectivity index (χ0) is 16.9. The molecule has 4 heteroatoms. The molecule has 0 aliphatic heterocycles. The van der Waals surface area contributed by atoms with Crippen LogP contribution in [0.1, 0.15) is 38.8 Å². The Morgan fingerprint density at radius 3 is 1.45 bits per heavy atom. The second-order valence-corrected chi connectivity index (χ2v) is 5.41. The third-order valence-electron chi connectivity index (χ3n) is 3.48. The third-order valence-corrected chi connectivity index (χ3v) is 3.48. The highest BCUT2D eigenvalue weighted by Crippen LogP contribution is 2.17. The quantitative estimate of drug-likeness (QED) is 0.622. The lowest BCUT2D eigenvalue weighted by Crippen LogP contribution is -2.06. The minimum absolute atomic E-state index is 0.0217. The fourth-order valence-electron chi connectivity index (χ4n) is 2.27. The first-order valence-corrected chi connectivity index (χ1v) is 7.09. The largest absolute Gasteiger partial charge is 0.512 e. The number of hydrogen-bond acceptors (Lipinski definition) is 4. The van der Waals surface area contributed by atoms with E-state index < -0.39 is 0 Å². The van der Waals surface area contributed by atoms with Crippen LogP contribution in [0.5, 0.6) is 0 Å². The molecule has 1 aromatic carbocycles. The Bertz CT molecular complexity index is 590. The Hall–Kier alpha value is -2.36. The molecule has 0 aliphatic rings. The fraction of sp³-hybridized carbons (Fsp3) is 0.333. The molecule has 118 valence electrons. The Morgan fingerprint density at radius 2 is 1.18 bits per heavy atom. The van der Waals surface area contributed by atoms with Gasteiger partial charge < -0.3 is 10.2 Å². The van der Waals surface area contributed by atoms with E-state index in [1.165, 1.54) is 27.7 Å². The minimum atomic E-state index is -0.166. The van der Waals surface area contributed by atoms with Crippen molar-refractivity contribution in [3.05, 3.63) is 58.1 Å². The molecule has 0 bridgehead atoms. The van der Waals surface area contributed by atoms with E-state index in [4.69, 9.17) is 0 Å². The molecule has 0 atom stereocenters. The maximum atomic E-state index is 11.5. The Labute approximate surface area is 130 Å². The van der Waals surface area contributed by atoms with E-state index in [1.807, 2.05) is 24.3 Å². The van der Waals surface area contributed by atoms with Crippen LogP contribution in [0, 0.1) is 0 Å². The number of allylic oxidation sites excluding steroid dienone is 4. The number of benzene rings is 1. The second kappa shape index (κ2) is 7.59. The molecule has 0 radical (unpaired) electrons. The lowest BCUT2D eigenvalue weighted by molar-refractivity contribution is -0.114. The van der Waals surface area contributed by atoms with E-state index in [9.17, 15) is 19.8 Å². The summed E-state index contributed by atoms with van der Waals surface area (Å²) in [5.41, 5.74) is 2.49. The van der Waals surface area contributed by atoms with Crippen molar-refractivity contribution in [3.8, 4) is 0 Å². The average molecular weight is 302 g/mol. The summed E-state index contributed by atoms with van der Waals surface area (Å²) < 4.78 is 0. The van der Waals surface area contributed by atoms with Crippen molar-refractivity contribution in [3.63, 3.8) is 0 Å². The molecule has 0 unspecified atom stereocenters. The molecule has 0 aliphatic carbocycles. The highest BCUT2D eigenvalue weighted by Gasteiger charge is 2.12. The lowest BCUT2D eigenvalue weighted by Gasteiger charge is -2.09. The zero-order valence-corrected chi connectivity index (χ0v) is 13.4. The Kier molecular flexibility index (Phi) is 6.11. The van der Waals surface area contributed by atoms with Gasteiger partial charge in [-0.2, -0.15) is 0 Å². The van der Waals surface area contributed by atoms with Gasteiger partial charge in [0.2, 0.25) is 0 Å². The molecule has 0 saturated carbocycles. The normalized spacial score (nSPS) is 13.3. The first kappa shape index (κ1) is 17.7. The summed E-state index contributed by atoms with van der Waals surface area (Å²) in [6.07, 6.45) is 0.672. The van der Waals surface area contributed by atoms with Crippen molar-refractivity contribution in [1.82, 2.24) is 0 Å². The van der Waals surface area contributed by atoms with Gasteiger partial charge in [0.05, 0.1) is 11.5 Å². The third kappa shape index (κ3) is 4.88. The van der Waals surface area contributed by atoms with Gasteiger partial charge in [0, 0.05) is 24.0 Å². The van der Waals surface area contributed by atoms with Crippen LogP contribution in [-0.4, -0.2) is 21.8 Å². The predicted octanol–water partition coefficient (Wildman–Crippen LogP) is 3.61. The van der Waals surface area contributed by atoms with Crippen LogP contribution in [0.4, 0.5) is 0 Å². The van der Waals surface area contributed by atoms with E-state index in [1.54, 1.807) is 0 Å². The highest BCUT2D eigenvalue weighted by molar-refractivity contribution is 5.94. The zero-order valence-electron chi connectivity index (χ0n) is 13.4. The molecule has 1 aromatic rings. The Morgan fingerprint density at radius 1 is 0.818 bits per heavy atom. The number of rotatable bonds is 6. The summed E-state index contributed by atoms with van der Waals surface area (Å²) in [7, 11) is 0. The summed E-state index contributed by atoms with van der Waals surface area (Å²) in [4.78, 5) is 23.1. The number of aliphatic hydroxyl groups is 2. The molecule has 1 rings (SSSR count). The molecule has 4 nitrogen and oxygen atoms in total. The molecule has 0 fully saturated rings. The molecule has 0 heterocycles. The van der Waals surface area contributed by atoms with Crippen LogP contribution in [0.25, 0.3) is 0 Å². The van der Waals surface area contributed by atoms with Crippen molar-refractivity contribution in [2.75, 3.05) is 0 Å². The molecule has 2 N–H and O–H groups in total. The van der Waals surface area contributed by atoms with Gasteiger partial charge in [-0.3, -0.25) is 9.59 Å². The number of aliphatic hydroxyl groups excluding tert-OH is 2. The number of hydrogen-bond donors (Lipinski definition) is 2. The smallest absolute Gasteiger partial charge is 0.159 e. The van der Waals surface area contributed by atoms with Crippen molar-refractivity contribution >= 4 is 11.6 Å². The standard InChI is InChI=1S/C18H22O4/c1-11(19)17(12(2)20)9-15-6-5-7-16(8-15)10-18(13(3)21)14(4)22/h5-8,19,21H,9-10H2,1-4H3. The van der Waals surface area contributed by atoms with Crippen molar-refractivity contribution in [1.29, 1.82) is 0 Å². The van der Waals surface area contributed by atoms with E-state index in [-0.39, 0.29) is 23.1 Å². The highest BCUT2D eigenvalue weighted by atomic mass is 16.3. The number of carbonyl (C=O) groups is 2. The molecular formula is C18H22O4. The van der Waals surface area contributed by atoms with Gasteiger partial charge in [-0.1, -0.05) is 24.3 Å². The van der Waals surface area contributed by atoms with Crippen molar-refractivity contribution < 1.29 is 19.8 Å². The molecule has 0 aromatic heterocycles. The predicted molar refractivity (Wildman–Crippen MR) is 85.9 cm³/mol. The van der Waals surface area contributed by atoms with Gasteiger partial charge in [-0.05, 0) is 38.8 Å². The van der Waals surface area contributed by atoms with Crippen molar-refractivity contribution in [2.24, 2.45) is 0 Å². The fourth-order valence-corrected chi connectivity index (χ4v) is 2.27. The van der Waals surface area contributed by atoms with Crippen LogP contribution >= 0.6 is 0 Å². The maximum absolute atomic E-state index is 11.5. The van der Waals surface area contributed by atoms with Crippen LogP contribution in [0.2, 0.25) is 0 Å². The summed E-state index contributed by atoms with van der Waals surface area (Å²) in [5, 5.41) is 19.2. The summed E-state index contributed by atoms with van der Waals surface area (Å²) in [6.45, 7) is 5.83.